The van der Waals surface area contributed by atoms with Crippen LogP contribution in [-0.2, 0) is 4.79 Å². The van der Waals surface area contributed by atoms with Gasteiger partial charge in [0.2, 0.25) is 0 Å². The fourth-order valence-electron chi connectivity index (χ4n) is 4.09. The number of rotatable bonds is 5. The number of hydrogen-bond donors (Lipinski definition) is 1. The molecule has 2 aliphatic rings. The van der Waals surface area contributed by atoms with E-state index in [1.54, 1.807) is 30.5 Å². The summed E-state index contributed by atoms with van der Waals surface area (Å²) in [4.78, 5) is 39.1. The van der Waals surface area contributed by atoms with Crippen LogP contribution >= 0.6 is 11.6 Å². The van der Waals surface area contributed by atoms with E-state index in [0.29, 0.717) is 16.9 Å². The zero-order valence-corrected chi connectivity index (χ0v) is 17.1. The number of urea groups is 1. The molecule has 3 amide bonds. The molecule has 1 aromatic heterocycles. The zero-order valence-electron chi connectivity index (χ0n) is 16.4. The third kappa shape index (κ3) is 3.13. The summed E-state index contributed by atoms with van der Waals surface area (Å²) >= 11 is 5.90. The lowest BCUT2D eigenvalue weighted by molar-refractivity contribution is -0.131. The minimum Gasteiger partial charge on any atom is -0.323 e. The van der Waals surface area contributed by atoms with Crippen LogP contribution in [0.4, 0.5) is 9.18 Å². The molecule has 2 aromatic rings. The minimum atomic E-state index is -0.918. The molecular weight excluding hydrogens is 397 g/mol. The summed E-state index contributed by atoms with van der Waals surface area (Å²) in [5.41, 5.74) is 1.50. The first-order valence-corrected chi connectivity index (χ1v) is 9.83. The molecule has 1 aromatic carbocycles. The highest BCUT2D eigenvalue weighted by Gasteiger charge is 2.56. The van der Waals surface area contributed by atoms with Gasteiger partial charge in [0, 0.05) is 22.6 Å². The molecule has 2 fully saturated rings. The van der Waals surface area contributed by atoms with Crippen LogP contribution < -0.4 is 5.32 Å². The van der Waals surface area contributed by atoms with Crippen molar-refractivity contribution < 1.29 is 18.8 Å². The average molecular weight is 418 g/mol. The molecule has 6 nitrogen and oxygen atoms in total. The normalized spacial score (nSPS) is 21.6. The number of amides is 3. The van der Waals surface area contributed by atoms with E-state index in [1.807, 2.05) is 6.92 Å². The molecule has 152 valence electrons. The Balaban J connectivity index is 1.61. The van der Waals surface area contributed by atoms with Gasteiger partial charge in [-0.3, -0.25) is 14.5 Å². The summed E-state index contributed by atoms with van der Waals surface area (Å²) in [6.07, 6.45) is 1.79. The van der Waals surface area contributed by atoms with Crippen molar-refractivity contribution in [2.75, 3.05) is 6.54 Å². The zero-order chi connectivity index (χ0) is 21.1. The fraction of sp³-hybridized carbons (Fsp3) is 0.381. The predicted molar refractivity (Wildman–Crippen MR) is 106 cm³/mol. The highest BCUT2D eigenvalue weighted by atomic mass is 35.5. The number of nitrogens with one attached hydrogen (secondary N) is 1. The molecule has 1 saturated carbocycles. The first-order valence-electron chi connectivity index (χ1n) is 9.45. The van der Waals surface area contributed by atoms with Gasteiger partial charge in [0.05, 0.1) is 11.6 Å². The predicted octanol–water partition coefficient (Wildman–Crippen LogP) is 3.79. The molecule has 1 unspecified atom stereocenters. The Kier molecular flexibility index (Phi) is 4.53. The van der Waals surface area contributed by atoms with Crippen LogP contribution in [0.2, 0.25) is 5.02 Å². The van der Waals surface area contributed by atoms with Gasteiger partial charge in [-0.1, -0.05) is 11.6 Å². The van der Waals surface area contributed by atoms with Crippen molar-refractivity contribution in [3.8, 4) is 5.69 Å². The van der Waals surface area contributed by atoms with E-state index < -0.39 is 17.4 Å². The average Bonchev–Trinajstić information content (AvgIpc) is 3.44. The summed E-state index contributed by atoms with van der Waals surface area (Å²) in [7, 11) is 0. The lowest BCUT2D eigenvalue weighted by atomic mass is 9.96. The van der Waals surface area contributed by atoms with Crippen molar-refractivity contribution >= 4 is 29.3 Å². The molecule has 29 heavy (non-hydrogen) atoms. The lowest BCUT2D eigenvalue weighted by Gasteiger charge is -2.20. The second kappa shape index (κ2) is 6.69. The maximum Gasteiger partial charge on any atom is 0.325 e. The molecule has 1 aliphatic heterocycles. The van der Waals surface area contributed by atoms with Crippen LogP contribution in [0.15, 0.2) is 24.3 Å². The van der Waals surface area contributed by atoms with Crippen LogP contribution in [-0.4, -0.2) is 39.3 Å². The van der Waals surface area contributed by atoms with Crippen molar-refractivity contribution in [1.82, 2.24) is 14.8 Å². The SMILES string of the molecule is Cc1cc(C(=O)CN2C(=O)NC(C)(C3CC3)C2=O)c(C)n1-c1ccc(F)c(Cl)c1. The molecule has 1 aliphatic carbocycles. The maximum absolute atomic E-state index is 13.5. The topological polar surface area (TPSA) is 71.4 Å². The van der Waals surface area contributed by atoms with Crippen LogP contribution in [0.3, 0.4) is 0 Å². The minimum absolute atomic E-state index is 0.0124. The molecule has 8 heteroatoms. The third-order valence-corrected chi connectivity index (χ3v) is 6.18. The van der Waals surface area contributed by atoms with Crippen molar-refractivity contribution in [3.63, 3.8) is 0 Å². The second-order valence-electron chi connectivity index (χ2n) is 7.94. The number of ketones is 1. The summed E-state index contributed by atoms with van der Waals surface area (Å²) in [6.45, 7) is 4.98. The first-order chi connectivity index (χ1) is 13.6. The molecule has 2 heterocycles. The first kappa shape index (κ1) is 19.6. The fourth-order valence-corrected chi connectivity index (χ4v) is 4.27. The number of carbonyl (C=O) groups is 3. The molecule has 4 rings (SSSR count). The van der Waals surface area contributed by atoms with E-state index in [2.05, 4.69) is 5.32 Å². The number of aryl methyl sites for hydroxylation is 1. The molecule has 1 atom stereocenters. The van der Waals surface area contributed by atoms with Crippen LogP contribution in [0.25, 0.3) is 5.69 Å². The molecule has 1 saturated heterocycles. The number of imide groups is 1. The van der Waals surface area contributed by atoms with Crippen LogP contribution in [0.5, 0.6) is 0 Å². The van der Waals surface area contributed by atoms with E-state index >= 15 is 0 Å². The van der Waals surface area contributed by atoms with E-state index in [-0.39, 0.29) is 29.2 Å². The van der Waals surface area contributed by atoms with E-state index in [4.69, 9.17) is 11.6 Å². The van der Waals surface area contributed by atoms with Crippen molar-refractivity contribution in [1.29, 1.82) is 0 Å². The molecular formula is C21H21ClFN3O3. The van der Waals surface area contributed by atoms with Gasteiger partial charge >= 0.3 is 6.03 Å². The van der Waals surface area contributed by atoms with Crippen molar-refractivity contribution in [2.45, 2.75) is 39.2 Å². The van der Waals surface area contributed by atoms with Gasteiger partial charge in [-0.2, -0.15) is 0 Å². The monoisotopic (exact) mass is 417 g/mol. The largest absolute Gasteiger partial charge is 0.325 e. The van der Waals surface area contributed by atoms with Gasteiger partial charge in [-0.15, -0.1) is 0 Å². The standard InChI is InChI=1S/C21H21ClFN3O3/c1-11-8-15(12(2)26(11)14-6-7-17(23)16(22)9-14)18(27)10-25-19(28)21(3,13-4-5-13)24-20(25)29/h6-9,13H,4-5,10H2,1-3H3,(H,24,29). The van der Waals surface area contributed by atoms with E-state index in [1.165, 1.54) is 12.1 Å². The number of benzene rings is 1. The summed E-state index contributed by atoms with van der Waals surface area (Å²) < 4.78 is 15.3. The van der Waals surface area contributed by atoms with Crippen molar-refractivity contribution in [3.05, 3.63) is 52.1 Å². The summed E-state index contributed by atoms with van der Waals surface area (Å²) in [5.74, 6) is -1.07. The van der Waals surface area contributed by atoms with Gasteiger partial charge in [0.15, 0.2) is 5.78 Å². The van der Waals surface area contributed by atoms with Gasteiger partial charge in [-0.05, 0) is 63.8 Å². The second-order valence-corrected chi connectivity index (χ2v) is 8.35. The highest BCUT2D eigenvalue weighted by molar-refractivity contribution is 6.30. The van der Waals surface area contributed by atoms with Gasteiger partial charge in [0.1, 0.15) is 11.4 Å². The van der Waals surface area contributed by atoms with Crippen molar-refractivity contribution in [2.24, 2.45) is 5.92 Å². The van der Waals surface area contributed by atoms with E-state index in [9.17, 15) is 18.8 Å². The van der Waals surface area contributed by atoms with Crippen LogP contribution in [0.1, 0.15) is 41.5 Å². The lowest BCUT2D eigenvalue weighted by Crippen LogP contribution is -2.46. The Morgan fingerprint density at radius 2 is 1.97 bits per heavy atom. The Bertz CT molecular complexity index is 1060. The van der Waals surface area contributed by atoms with E-state index in [0.717, 1.165) is 23.4 Å². The number of aromatic nitrogens is 1. The number of Topliss-reactive ketones (excluding diaryl/α,β-unsaturated/α-hetero) is 1. The van der Waals surface area contributed by atoms with Crippen LogP contribution in [0, 0.1) is 25.6 Å². The quantitative estimate of drug-likeness (QED) is 0.594. The molecule has 1 N–H and O–H groups in total. The Morgan fingerprint density at radius 3 is 2.59 bits per heavy atom. The molecule has 0 radical (unpaired) electrons. The van der Waals surface area contributed by atoms with Gasteiger partial charge < -0.3 is 9.88 Å². The maximum atomic E-state index is 13.5. The molecule has 0 spiro atoms. The van der Waals surface area contributed by atoms with Gasteiger partial charge in [0.25, 0.3) is 5.91 Å². The number of nitrogens with zero attached hydrogens (tertiary/aromatic N) is 2. The number of carbonyl (C=O) groups excluding carboxylic acids is 3. The summed E-state index contributed by atoms with van der Waals surface area (Å²) in [5, 5.41) is 2.73. The number of hydrogen-bond acceptors (Lipinski definition) is 3. The smallest absolute Gasteiger partial charge is 0.323 e. The highest BCUT2D eigenvalue weighted by Crippen LogP contribution is 2.42. The number of halogens is 2. The van der Waals surface area contributed by atoms with Gasteiger partial charge in [-0.25, -0.2) is 9.18 Å². The Labute approximate surface area is 172 Å². The Hall–Kier alpha value is -2.67. The summed E-state index contributed by atoms with van der Waals surface area (Å²) in [6, 6.07) is 5.51. The third-order valence-electron chi connectivity index (χ3n) is 5.89. The Morgan fingerprint density at radius 1 is 1.28 bits per heavy atom. The molecule has 0 bridgehead atoms.